The summed E-state index contributed by atoms with van der Waals surface area (Å²) in [6.07, 6.45) is -13.7. The molecule has 0 bridgehead atoms. The average molecular weight is 676 g/mol. The molecule has 0 saturated carbocycles. The van der Waals surface area contributed by atoms with Gasteiger partial charge in [-0.2, -0.15) is 4.68 Å². The molecule has 43 heavy (non-hydrogen) atoms. The molecule has 0 aromatic carbocycles. The van der Waals surface area contributed by atoms with E-state index in [0.717, 1.165) is 11.0 Å². The number of nitrogens with zero attached hydrogens (tertiary/aromatic N) is 5. The molecule has 4 heterocycles. The largest absolute Gasteiger partial charge is 0.481 e. The number of aliphatic hydroxyl groups is 6. The van der Waals surface area contributed by atoms with Crippen LogP contribution in [0.5, 0.6) is 0 Å². The van der Waals surface area contributed by atoms with Crippen LogP contribution in [-0.2, 0) is 43.9 Å². The summed E-state index contributed by atoms with van der Waals surface area (Å²) in [5, 5.41) is 67.9. The van der Waals surface area contributed by atoms with E-state index >= 15 is 0 Å². The second kappa shape index (κ2) is 13.0. The van der Waals surface area contributed by atoms with E-state index in [-0.39, 0.29) is 17.0 Å². The van der Waals surface area contributed by atoms with Gasteiger partial charge in [0, 0.05) is 7.11 Å². The van der Waals surface area contributed by atoms with Gasteiger partial charge in [-0.1, -0.05) is 17.9 Å². The van der Waals surface area contributed by atoms with Gasteiger partial charge >= 0.3 is 14.5 Å². The zero-order valence-electron chi connectivity index (χ0n) is 22.0. The molecule has 0 aliphatic carbocycles. The maximum absolute atomic E-state index is 12.6. The summed E-state index contributed by atoms with van der Waals surface area (Å²) in [7, 11) is -4.23. The predicted molar refractivity (Wildman–Crippen MR) is 142 cm³/mol. The van der Waals surface area contributed by atoms with E-state index in [9.17, 15) is 39.9 Å². The fourth-order valence-corrected chi connectivity index (χ4v) is 7.58. The van der Waals surface area contributed by atoms with Crippen LogP contribution < -0.4 is 5.73 Å². The van der Waals surface area contributed by atoms with E-state index in [0.29, 0.717) is 0 Å². The summed E-state index contributed by atoms with van der Waals surface area (Å²) in [5.41, 5.74) is 4.35. The summed E-state index contributed by atoms with van der Waals surface area (Å²) in [6, 6.07) is 0. The Morgan fingerprint density at radius 2 is 1.93 bits per heavy atom. The molecule has 7 unspecified atom stereocenters. The molecule has 10 N–H and O–H groups in total. The van der Waals surface area contributed by atoms with Gasteiger partial charge in [-0.05, 0) is 11.8 Å². The lowest BCUT2D eigenvalue weighted by Gasteiger charge is -2.41. The lowest BCUT2D eigenvalue weighted by atomic mass is 9.94. The van der Waals surface area contributed by atoms with Crippen LogP contribution in [0.15, 0.2) is 19.0 Å². The zero-order chi connectivity index (χ0) is 31.9. The zero-order valence-corrected chi connectivity index (χ0v) is 24.6. The van der Waals surface area contributed by atoms with E-state index in [1.54, 1.807) is 0 Å². The molecule has 2 aromatic rings. The second-order valence-electron chi connectivity index (χ2n) is 9.31. The van der Waals surface area contributed by atoms with Crippen LogP contribution >= 0.6 is 14.5 Å². The minimum absolute atomic E-state index is 0.0157. The SMILES string of the molecule is C=C[C@@]1(OC)[C@H](O)[C@@H](COP(O)(=S)OP(=O)(O)OC2OC([C@@H](O)CO)C(O)C(O)C2O)O[C@H]1n1nnc2c(N)ncnc21. The predicted octanol–water partition coefficient (Wildman–Crippen LogP) is -3.84. The number of aliphatic hydroxyl groups excluding tert-OH is 6. The molecule has 2 saturated heterocycles. The first-order valence-corrected chi connectivity index (χ1v) is 16.2. The van der Waals surface area contributed by atoms with Crippen LogP contribution in [0.4, 0.5) is 5.82 Å². The Kier molecular flexibility index (Phi) is 10.3. The minimum Gasteiger partial charge on any atom is -0.394 e. The summed E-state index contributed by atoms with van der Waals surface area (Å²) in [5.74, 6) is 0.0157. The van der Waals surface area contributed by atoms with E-state index in [1.165, 1.54) is 13.2 Å². The summed E-state index contributed by atoms with van der Waals surface area (Å²) in [6.45, 7) is -2.73. The molecule has 2 fully saturated rings. The highest BCUT2D eigenvalue weighted by Crippen LogP contribution is 2.62. The topological polar surface area (TPSA) is 317 Å². The molecule has 2 aliphatic rings. The summed E-state index contributed by atoms with van der Waals surface area (Å²) >= 11 is 4.79. The first kappa shape index (κ1) is 34.2. The van der Waals surface area contributed by atoms with Crippen molar-refractivity contribution >= 4 is 43.3 Å². The highest BCUT2D eigenvalue weighted by atomic mass is 32.5. The summed E-state index contributed by atoms with van der Waals surface area (Å²) in [4.78, 5) is 28.6. The van der Waals surface area contributed by atoms with Crippen molar-refractivity contribution in [3.05, 3.63) is 19.0 Å². The number of aromatic nitrogens is 5. The molecule has 2 aliphatic heterocycles. The number of hydrogen-bond acceptors (Lipinski definition) is 19. The van der Waals surface area contributed by atoms with Gasteiger partial charge < -0.3 is 64.9 Å². The molecule has 21 nitrogen and oxygen atoms in total. The van der Waals surface area contributed by atoms with Crippen LogP contribution in [0.2, 0.25) is 0 Å². The van der Waals surface area contributed by atoms with Crippen molar-refractivity contribution in [1.29, 1.82) is 0 Å². The normalized spacial score (nSPS) is 36.7. The molecular formula is C19H30N6O15P2S. The molecule has 24 heteroatoms. The fourth-order valence-electron chi connectivity index (χ4n) is 4.48. The van der Waals surface area contributed by atoms with Crippen molar-refractivity contribution < 1.29 is 72.6 Å². The van der Waals surface area contributed by atoms with Crippen molar-refractivity contribution in [2.45, 2.75) is 60.8 Å². The van der Waals surface area contributed by atoms with Gasteiger partial charge in [-0.25, -0.2) is 18.8 Å². The molecule has 2 aromatic heterocycles. The van der Waals surface area contributed by atoms with Crippen molar-refractivity contribution in [2.75, 3.05) is 26.1 Å². The molecule has 0 radical (unpaired) electrons. The minimum atomic E-state index is -5.47. The molecular weight excluding hydrogens is 646 g/mol. The number of hydrogen-bond donors (Lipinski definition) is 9. The Bertz CT molecular complexity index is 1410. The number of nitrogen functional groups attached to an aromatic ring is 1. The number of methoxy groups -OCH3 is 1. The number of phosphoric acid groups is 1. The van der Waals surface area contributed by atoms with Crippen LogP contribution in [0, 0.1) is 0 Å². The maximum atomic E-state index is 12.6. The van der Waals surface area contributed by atoms with E-state index < -0.39 is 88.6 Å². The molecule has 242 valence electrons. The van der Waals surface area contributed by atoms with Gasteiger partial charge in [0.1, 0.15) is 49.1 Å². The monoisotopic (exact) mass is 676 g/mol. The third kappa shape index (κ3) is 6.66. The average Bonchev–Trinajstić information content (AvgIpc) is 3.50. The Labute approximate surface area is 246 Å². The van der Waals surface area contributed by atoms with Gasteiger partial charge in [0.15, 0.2) is 35.1 Å². The highest BCUT2D eigenvalue weighted by molar-refractivity contribution is 8.08. The summed E-state index contributed by atoms with van der Waals surface area (Å²) < 4.78 is 44.6. The van der Waals surface area contributed by atoms with Crippen molar-refractivity contribution in [1.82, 2.24) is 25.0 Å². The van der Waals surface area contributed by atoms with Crippen LogP contribution in [0.25, 0.3) is 11.2 Å². The number of anilines is 1. The highest BCUT2D eigenvalue weighted by Gasteiger charge is 2.58. The van der Waals surface area contributed by atoms with Crippen LogP contribution in [-0.4, -0.2) is 140 Å². The Hall–Kier alpha value is -1.66. The Morgan fingerprint density at radius 3 is 2.56 bits per heavy atom. The van der Waals surface area contributed by atoms with Crippen LogP contribution in [0.1, 0.15) is 6.23 Å². The Morgan fingerprint density at radius 1 is 1.23 bits per heavy atom. The second-order valence-corrected chi connectivity index (χ2v) is 13.7. The lowest BCUT2D eigenvalue weighted by Crippen LogP contribution is -2.61. The van der Waals surface area contributed by atoms with E-state index in [1.807, 2.05) is 0 Å². The van der Waals surface area contributed by atoms with Crippen molar-refractivity contribution in [3.8, 4) is 0 Å². The molecule has 0 spiro atoms. The number of phosphoric ester groups is 1. The van der Waals surface area contributed by atoms with E-state index in [4.69, 9.17) is 41.4 Å². The number of fused-ring (bicyclic) bond motifs is 1. The molecule has 12 atom stereocenters. The van der Waals surface area contributed by atoms with Gasteiger partial charge in [0.2, 0.25) is 0 Å². The standard InChI is InChI=1S/C19H30N6O15P2S/c1-3-19(35-2)14(31)8(37-18(19)25-16-9(23-24-25)15(20)21-6-22-16)5-36-42(34,43)40-41(32,33)39-17-12(30)10(28)11(29)13(38-17)7(27)4-26/h3,6-8,10-14,17-18,26-31H,1,4-5H2,2H3,(H,32,33)(H,34,43)(H2,20,21,22)/t7-,8+,10?,11?,12?,13?,14+,17?,18+,19+,42?/m0/s1. The van der Waals surface area contributed by atoms with Gasteiger partial charge in [-0.15, -0.1) is 5.10 Å². The van der Waals surface area contributed by atoms with Crippen molar-refractivity contribution in [3.63, 3.8) is 0 Å². The van der Waals surface area contributed by atoms with Crippen LogP contribution in [0.3, 0.4) is 0 Å². The molecule has 0 amide bonds. The van der Waals surface area contributed by atoms with Gasteiger partial charge in [-0.3, -0.25) is 4.52 Å². The quantitative estimate of drug-likeness (QED) is 0.0767. The maximum Gasteiger partial charge on any atom is 0.481 e. The fraction of sp³-hybridized carbons (Fsp3) is 0.684. The number of ether oxygens (including phenoxy) is 3. The first-order chi connectivity index (χ1) is 20.1. The number of nitrogens with two attached hydrogens (primary N) is 1. The molecule has 4 rings (SSSR count). The van der Waals surface area contributed by atoms with Gasteiger partial charge in [0.05, 0.1) is 13.2 Å². The van der Waals surface area contributed by atoms with E-state index in [2.05, 4.69) is 35.7 Å². The first-order valence-electron chi connectivity index (χ1n) is 12.1. The Balaban J connectivity index is 1.46. The van der Waals surface area contributed by atoms with Gasteiger partial charge in [0.25, 0.3) is 0 Å². The van der Waals surface area contributed by atoms with Crippen molar-refractivity contribution in [2.24, 2.45) is 0 Å². The third-order valence-corrected chi connectivity index (χ3v) is 10.2. The lowest BCUT2D eigenvalue weighted by molar-refractivity contribution is -0.292. The number of rotatable bonds is 12. The smallest absolute Gasteiger partial charge is 0.394 e. The third-order valence-electron chi connectivity index (χ3n) is 6.71.